The molecule has 4 rings (SSSR count). The Kier molecular flexibility index (Phi) is 5.73. The van der Waals surface area contributed by atoms with Crippen molar-refractivity contribution in [3.8, 4) is 17.0 Å². The molecular formula is C22H20FN5O4S. The van der Waals surface area contributed by atoms with Crippen molar-refractivity contribution in [3.63, 3.8) is 0 Å². The van der Waals surface area contributed by atoms with Crippen LogP contribution in [0.3, 0.4) is 0 Å². The van der Waals surface area contributed by atoms with Gasteiger partial charge in [-0.3, -0.25) is 14.8 Å². The Balaban J connectivity index is 1.71. The number of hydrogen-bond donors (Lipinski definition) is 3. The molecule has 0 saturated heterocycles. The number of fused-ring (bicyclic) bond motifs is 1. The van der Waals surface area contributed by atoms with Crippen LogP contribution in [0.2, 0.25) is 0 Å². The lowest BCUT2D eigenvalue weighted by Gasteiger charge is -2.13. The van der Waals surface area contributed by atoms with E-state index in [4.69, 9.17) is 4.74 Å². The first kappa shape index (κ1) is 22.2. The number of aromatic nitrogens is 3. The summed E-state index contributed by atoms with van der Waals surface area (Å²) in [5.41, 5.74) is 3.24. The second kappa shape index (κ2) is 8.51. The third-order valence-electron chi connectivity index (χ3n) is 4.78. The lowest BCUT2D eigenvalue weighted by atomic mass is 10.1. The number of ether oxygens (including phenoxy) is 1. The number of sulfonamides is 1. The van der Waals surface area contributed by atoms with Gasteiger partial charge in [0.25, 0.3) is 10.0 Å². The van der Waals surface area contributed by atoms with Crippen LogP contribution in [0.1, 0.15) is 12.5 Å². The van der Waals surface area contributed by atoms with E-state index in [-0.39, 0.29) is 17.5 Å². The summed E-state index contributed by atoms with van der Waals surface area (Å²) in [7, 11) is -2.88. The quantitative estimate of drug-likeness (QED) is 0.394. The van der Waals surface area contributed by atoms with Gasteiger partial charge in [0, 0.05) is 18.7 Å². The molecule has 0 fully saturated rings. The Morgan fingerprint density at radius 1 is 1.12 bits per heavy atom. The van der Waals surface area contributed by atoms with Crippen LogP contribution in [0.15, 0.2) is 53.6 Å². The van der Waals surface area contributed by atoms with Crippen molar-refractivity contribution in [2.24, 2.45) is 0 Å². The van der Waals surface area contributed by atoms with Crippen LogP contribution in [0, 0.1) is 12.7 Å². The summed E-state index contributed by atoms with van der Waals surface area (Å²) >= 11 is 0. The van der Waals surface area contributed by atoms with Gasteiger partial charge in [-0.25, -0.2) is 22.8 Å². The Morgan fingerprint density at radius 2 is 1.91 bits per heavy atom. The van der Waals surface area contributed by atoms with Crippen molar-refractivity contribution >= 4 is 38.6 Å². The van der Waals surface area contributed by atoms with E-state index < -0.39 is 20.7 Å². The highest BCUT2D eigenvalue weighted by Gasteiger charge is 2.22. The third kappa shape index (κ3) is 4.62. The predicted molar refractivity (Wildman–Crippen MR) is 122 cm³/mol. The number of aromatic amines is 1. The Morgan fingerprint density at radius 3 is 2.61 bits per heavy atom. The molecule has 0 saturated carbocycles. The Bertz CT molecular complexity index is 1480. The molecule has 0 atom stereocenters. The highest BCUT2D eigenvalue weighted by molar-refractivity contribution is 7.92. The fourth-order valence-corrected chi connectivity index (χ4v) is 4.39. The van der Waals surface area contributed by atoms with E-state index in [0.717, 1.165) is 6.07 Å². The van der Waals surface area contributed by atoms with E-state index in [0.29, 0.717) is 33.7 Å². The van der Waals surface area contributed by atoms with Crippen LogP contribution in [0.25, 0.3) is 22.2 Å². The fraction of sp³-hybridized carbons (Fsp3) is 0.136. The van der Waals surface area contributed by atoms with Crippen molar-refractivity contribution in [3.05, 3.63) is 60.0 Å². The SMILES string of the molecule is COc1ncc(-c2ccc3nc(NC(C)=O)[nH]c3c2)cc1NS(=O)(=O)c1ccc(C)cc1F. The van der Waals surface area contributed by atoms with Crippen molar-refractivity contribution in [2.45, 2.75) is 18.7 Å². The molecular weight excluding hydrogens is 449 g/mol. The van der Waals surface area contributed by atoms with Crippen molar-refractivity contribution in [2.75, 3.05) is 17.1 Å². The molecule has 0 aliphatic carbocycles. The van der Waals surface area contributed by atoms with Gasteiger partial charge >= 0.3 is 0 Å². The number of carbonyl (C=O) groups is 1. The molecule has 2 heterocycles. The summed E-state index contributed by atoms with van der Waals surface area (Å²) in [6.07, 6.45) is 1.52. The number of rotatable bonds is 6. The normalized spacial score (nSPS) is 11.4. The Hall–Kier alpha value is -3.99. The van der Waals surface area contributed by atoms with Crippen LogP contribution in [-0.4, -0.2) is 36.4 Å². The summed E-state index contributed by atoms with van der Waals surface area (Å²) < 4.78 is 47.5. The minimum absolute atomic E-state index is 0.0328. The minimum Gasteiger partial charge on any atom is -0.480 e. The first-order chi connectivity index (χ1) is 15.7. The van der Waals surface area contributed by atoms with Gasteiger partial charge < -0.3 is 9.72 Å². The number of benzene rings is 2. The average molecular weight is 469 g/mol. The average Bonchev–Trinajstić information content (AvgIpc) is 3.13. The molecule has 3 N–H and O–H groups in total. The molecule has 11 heteroatoms. The number of carbonyl (C=O) groups excluding carboxylic acids is 1. The van der Waals surface area contributed by atoms with E-state index in [1.807, 2.05) is 0 Å². The van der Waals surface area contributed by atoms with Crippen LogP contribution < -0.4 is 14.8 Å². The van der Waals surface area contributed by atoms with Gasteiger partial charge in [-0.2, -0.15) is 0 Å². The number of pyridine rings is 1. The zero-order chi connectivity index (χ0) is 23.8. The van der Waals surface area contributed by atoms with E-state index in [1.54, 1.807) is 31.2 Å². The maximum absolute atomic E-state index is 14.3. The number of nitrogens with one attached hydrogen (secondary N) is 3. The molecule has 0 aliphatic rings. The second-order valence-corrected chi connectivity index (χ2v) is 8.97. The maximum Gasteiger partial charge on any atom is 0.264 e. The molecule has 2 aromatic carbocycles. The number of hydrogen-bond acceptors (Lipinski definition) is 6. The van der Waals surface area contributed by atoms with E-state index in [2.05, 4.69) is 25.0 Å². The predicted octanol–water partition coefficient (Wildman–Crippen LogP) is 3.84. The van der Waals surface area contributed by atoms with E-state index in [1.165, 1.54) is 32.4 Å². The van der Waals surface area contributed by atoms with Crippen molar-refractivity contribution < 1.29 is 22.3 Å². The Labute approximate surface area is 189 Å². The van der Waals surface area contributed by atoms with Gasteiger partial charge in [0.2, 0.25) is 17.7 Å². The molecule has 2 aromatic heterocycles. The van der Waals surface area contributed by atoms with Crippen LogP contribution in [-0.2, 0) is 14.8 Å². The minimum atomic E-state index is -4.24. The number of nitrogens with zero attached hydrogens (tertiary/aromatic N) is 2. The van der Waals surface area contributed by atoms with Crippen molar-refractivity contribution in [1.82, 2.24) is 15.0 Å². The summed E-state index contributed by atoms with van der Waals surface area (Å²) in [6, 6.07) is 10.7. The molecule has 0 spiro atoms. The molecule has 0 radical (unpaired) electrons. The van der Waals surface area contributed by atoms with Gasteiger partial charge in [0.1, 0.15) is 16.4 Å². The number of anilines is 2. The monoisotopic (exact) mass is 469 g/mol. The topological polar surface area (TPSA) is 126 Å². The van der Waals surface area contributed by atoms with E-state index in [9.17, 15) is 17.6 Å². The molecule has 4 aromatic rings. The molecule has 0 bridgehead atoms. The molecule has 170 valence electrons. The van der Waals surface area contributed by atoms with Crippen LogP contribution in [0.4, 0.5) is 16.0 Å². The molecule has 9 nitrogen and oxygen atoms in total. The molecule has 0 aliphatic heterocycles. The largest absolute Gasteiger partial charge is 0.480 e. The van der Waals surface area contributed by atoms with E-state index >= 15 is 0 Å². The highest BCUT2D eigenvalue weighted by atomic mass is 32.2. The number of halogens is 1. The zero-order valence-corrected chi connectivity index (χ0v) is 18.7. The summed E-state index contributed by atoms with van der Waals surface area (Å²) in [4.78, 5) is 22.2. The first-order valence-electron chi connectivity index (χ1n) is 9.77. The summed E-state index contributed by atoms with van der Waals surface area (Å²) in [5, 5.41) is 2.59. The molecule has 1 amide bonds. The van der Waals surface area contributed by atoms with Gasteiger partial charge in [-0.05, 0) is 48.4 Å². The zero-order valence-electron chi connectivity index (χ0n) is 17.9. The fourth-order valence-electron chi connectivity index (χ4n) is 3.28. The number of amides is 1. The van der Waals surface area contributed by atoms with Gasteiger partial charge in [-0.1, -0.05) is 12.1 Å². The number of aryl methyl sites for hydroxylation is 1. The molecule has 0 unspecified atom stereocenters. The molecule has 33 heavy (non-hydrogen) atoms. The highest BCUT2D eigenvalue weighted by Crippen LogP contribution is 2.32. The first-order valence-corrected chi connectivity index (χ1v) is 11.3. The third-order valence-corrected chi connectivity index (χ3v) is 6.17. The smallest absolute Gasteiger partial charge is 0.264 e. The van der Waals surface area contributed by atoms with Crippen LogP contribution >= 0.6 is 0 Å². The second-order valence-electron chi connectivity index (χ2n) is 7.32. The van der Waals surface area contributed by atoms with Crippen LogP contribution in [0.5, 0.6) is 5.88 Å². The van der Waals surface area contributed by atoms with Gasteiger partial charge in [0.15, 0.2) is 0 Å². The summed E-state index contributed by atoms with van der Waals surface area (Å²) in [6.45, 7) is 3.05. The lowest BCUT2D eigenvalue weighted by Crippen LogP contribution is -2.15. The maximum atomic E-state index is 14.3. The number of imidazole rings is 1. The van der Waals surface area contributed by atoms with Gasteiger partial charge in [-0.15, -0.1) is 0 Å². The van der Waals surface area contributed by atoms with Crippen molar-refractivity contribution in [1.29, 1.82) is 0 Å². The number of methoxy groups -OCH3 is 1. The van der Waals surface area contributed by atoms with Gasteiger partial charge in [0.05, 0.1) is 18.1 Å². The summed E-state index contributed by atoms with van der Waals surface area (Å²) in [5.74, 6) is -0.762. The lowest BCUT2D eigenvalue weighted by molar-refractivity contribution is -0.114. The standard InChI is InChI=1S/C22H20FN5O4S/c1-12-4-7-20(16(23)8-12)33(30,31)28-19-10-15(11-24-21(19)32-3)14-5-6-17-18(9-14)27-22(26-17)25-13(2)29/h4-11,28H,1-3H3,(H2,25,26,27,29). The number of H-pyrrole nitrogens is 1.